The summed E-state index contributed by atoms with van der Waals surface area (Å²) in [6.07, 6.45) is 3.33. The molecular weight excluding hydrogens is 274 g/mol. The summed E-state index contributed by atoms with van der Waals surface area (Å²) in [7, 11) is 0. The van der Waals surface area contributed by atoms with Crippen molar-refractivity contribution >= 4 is 5.91 Å². The van der Waals surface area contributed by atoms with E-state index in [9.17, 15) is 13.6 Å². The molecule has 1 aliphatic heterocycles. The van der Waals surface area contributed by atoms with E-state index in [-0.39, 0.29) is 18.0 Å². The lowest BCUT2D eigenvalue weighted by Gasteiger charge is -2.36. The van der Waals surface area contributed by atoms with Gasteiger partial charge < -0.3 is 10.6 Å². The van der Waals surface area contributed by atoms with Gasteiger partial charge in [0.05, 0.1) is 0 Å². The molecule has 116 valence electrons. The lowest BCUT2D eigenvalue weighted by atomic mass is 9.98. The van der Waals surface area contributed by atoms with Gasteiger partial charge in [-0.2, -0.15) is 0 Å². The lowest BCUT2D eigenvalue weighted by molar-refractivity contribution is -0.134. The summed E-state index contributed by atoms with van der Waals surface area (Å²) in [5.41, 5.74) is 6.60. The van der Waals surface area contributed by atoms with Crippen molar-refractivity contribution < 1.29 is 13.6 Å². The van der Waals surface area contributed by atoms with E-state index in [1.165, 1.54) is 6.07 Å². The molecule has 0 radical (unpaired) electrons. The predicted octanol–water partition coefficient (Wildman–Crippen LogP) is 2.63. The number of nitrogens with two attached hydrogens (primary N) is 1. The van der Waals surface area contributed by atoms with Crippen molar-refractivity contribution in [3.63, 3.8) is 0 Å². The Balaban J connectivity index is 1.80. The number of hydrogen-bond donors (Lipinski definition) is 1. The summed E-state index contributed by atoms with van der Waals surface area (Å²) >= 11 is 0. The molecule has 1 fully saturated rings. The van der Waals surface area contributed by atoms with E-state index < -0.39 is 11.6 Å². The van der Waals surface area contributed by atoms with Crippen molar-refractivity contribution in [1.82, 2.24) is 4.90 Å². The molecule has 1 saturated heterocycles. The molecule has 1 amide bonds. The standard InChI is InChI=1S/C16H22F2N2O/c1-11-9-13(19)7-8-20(11)16(21)4-2-3-12-5-6-14(17)15(18)10-12/h5-6,10-11,13H,2-4,7-9,19H2,1H3/t11-,13-/m0/s1. The lowest BCUT2D eigenvalue weighted by Crippen LogP contribution is -2.48. The van der Waals surface area contributed by atoms with Crippen LogP contribution in [0.1, 0.15) is 38.2 Å². The second-order valence-electron chi connectivity index (χ2n) is 5.82. The van der Waals surface area contributed by atoms with E-state index in [0.29, 0.717) is 25.8 Å². The zero-order valence-corrected chi connectivity index (χ0v) is 12.3. The molecule has 2 atom stereocenters. The van der Waals surface area contributed by atoms with Crippen molar-refractivity contribution in [3.05, 3.63) is 35.4 Å². The number of nitrogens with zero attached hydrogens (tertiary/aromatic N) is 1. The molecule has 0 unspecified atom stereocenters. The first kappa shape index (κ1) is 15.9. The Labute approximate surface area is 124 Å². The summed E-state index contributed by atoms with van der Waals surface area (Å²) in [4.78, 5) is 14.1. The van der Waals surface area contributed by atoms with Crippen LogP contribution in [0, 0.1) is 11.6 Å². The van der Waals surface area contributed by atoms with Gasteiger partial charge in [0.25, 0.3) is 0 Å². The summed E-state index contributed by atoms with van der Waals surface area (Å²) < 4.78 is 25.9. The molecule has 3 nitrogen and oxygen atoms in total. The van der Waals surface area contributed by atoms with Crippen LogP contribution in [0.3, 0.4) is 0 Å². The predicted molar refractivity (Wildman–Crippen MR) is 77.7 cm³/mol. The van der Waals surface area contributed by atoms with E-state index in [4.69, 9.17) is 5.73 Å². The van der Waals surface area contributed by atoms with E-state index in [0.717, 1.165) is 24.5 Å². The van der Waals surface area contributed by atoms with Crippen LogP contribution in [-0.2, 0) is 11.2 Å². The maximum absolute atomic E-state index is 13.1. The average molecular weight is 296 g/mol. The molecule has 21 heavy (non-hydrogen) atoms. The van der Waals surface area contributed by atoms with Gasteiger partial charge in [-0.1, -0.05) is 6.07 Å². The van der Waals surface area contributed by atoms with Crippen molar-refractivity contribution in [2.45, 2.75) is 51.1 Å². The van der Waals surface area contributed by atoms with Crippen LogP contribution in [0.4, 0.5) is 8.78 Å². The first-order valence-electron chi connectivity index (χ1n) is 7.46. The summed E-state index contributed by atoms with van der Waals surface area (Å²) in [5, 5.41) is 0. The third-order valence-electron chi connectivity index (χ3n) is 4.08. The van der Waals surface area contributed by atoms with E-state index in [2.05, 4.69) is 0 Å². The molecule has 2 N–H and O–H groups in total. The number of aryl methyl sites for hydroxylation is 1. The largest absolute Gasteiger partial charge is 0.340 e. The van der Waals surface area contributed by atoms with Crippen molar-refractivity contribution in [2.75, 3.05) is 6.54 Å². The Morgan fingerprint density at radius 3 is 2.81 bits per heavy atom. The van der Waals surface area contributed by atoms with Gasteiger partial charge in [-0.15, -0.1) is 0 Å². The Kier molecular flexibility index (Phi) is 5.28. The molecule has 0 aliphatic carbocycles. The fourth-order valence-electron chi connectivity index (χ4n) is 2.86. The monoisotopic (exact) mass is 296 g/mol. The van der Waals surface area contributed by atoms with Crippen LogP contribution in [0.25, 0.3) is 0 Å². The molecule has 1 aromatic rings. The Hall–Kier alpha value is -1.49. The van der Waals surface area contributed by atoms with Gasteiger partial charge in [-0.25, -0.2) is 8.78 Å². The van der Waals surface area contributed by atoms with Gasteiger partial charge in [-0.05, 0) is 50.3 Å². The molecule has 1 aromatic carbocycles. The Morgan fingerprint density at radius 1 is 1.38 bits per heavy atom. The number of piperidine rings is 1. The highest BCUT2D eigenvalue weighted by Crippen LogP contribution is 2.18. The average Bonchev–Trinajstić information content (AvgIpc) is 2.42. The summed E-state index contributed by atoms with van der Waals surface area (Å²) in [5.74, 6) is -1.55. The number of amides is 1. The summed E-state index contributed by atoms with van der Waals surface area (Å²) in [6, 6.07) is 4.25. The van der Waals surface area contributed by atoms with Crippen molar-refractivity contribution in [2.24, 2.45) is 5.73 Å². The third kappa shape index (κ3) is 4.24. The van der Waals surface area contributed by atoms with Crippen LogP contribution < -0.4 is 5.73 Å². The minimum absolute atomic E-state index is 0.122. The molecule has 0 spiro atoms. The fraction of sp³-hybridized carbons (Fsp3) is 0.562. The second kappa shape index (κ2) is 6.98. The number of halogens is 2. The highest BCUT2D eigenvalue weighted by molar-refractivity contribution is 5.76. The van der Waals surface area contributed by atoms with Crippen LogP contribution >= 0.6 is 0 Å². The van der Waals surface area contributed by atoms with E-state index in [1.54, 1.807) is 6.07 Å². The zero-order valence-electron chi connectivity index (χ0n) is 12.3. The molecule has 5 heteroatoms. The van der Waals surface area contributed by atoms with Gasteiger partial charge in [0.2, 0.25) is 5.91 Å². The Bertz CT molecular complexity index is 507. The van der Waals surface area contributed by atoms with Gasteiger partial charge in [0.1, 0.15) is 0 Å². The smallest absolute Gasteiger partial charge is 0.222 e. The highest BCUT2D eigenvalue weighted by Gasteiger charge is 2.26. The quantitative estimate of drug-likeness (QED) is 0.928. The topological polar surface area (TPSA) is 46.3 Å². The second-order valence-corrected chi connectivity index (χ2v) is 5.82. The number of benzene rings is 1. The minimum atomic E-state index is -0.840. The molecular formula is C16H22F2N2O. The number of hydrogen-bond acceptors (Lipinski definition) is 2. The summed E-state index contributed by atoms with van der Waals surface area (Å²) in [6.45, 7) is 2.73. The van der Waals surface area contributed by atoms with Crippen LogP contribution in [0.2, 0.25) is 0 Å². The van der Waals surface area contributed by atoms with Crippen molar-refractivity contribution in [3.8, 4) is 0 Å². The minimum Gasteiger partial charge on any atom is -0.340 e. The van der Waals surface area contributed by atoms with Gasteiger partial charge >= 0.3 is 0 Å². The molecule has 1 aliphatic rings. The normalized spacial score (nSPS) is 22.4. The fourth-order valence-corrected chi connectivity index (χ4v) is 2.86. The van der Waals surface area contributed by atoms with Gasteiger partial charge in [-0.3, -0.25) is 4.79 Å². The molecule has 0 bridgehead atoms. The third-order valence-corrected chi connectivity index (χ3v) is 4.08. The highest BCUT2D eigenvalue weighted by atomic mass is 19.2. The molecule has 2 rings (SSSR count). The maximum atomic E-state index is 13.1. The van der Waals surface area contributed by atoms with E-state index in [1.807, 2.05) is 11.8 Å². The number of rotatable bonds is 4. The van der Waals surface area contributed by atoms with Gasteiger partial charge in [0, 0.05) is 25.0 Å². The molecule has 1 heterocycles. The Morgan fingerprint density at radius 2 is 2.14 bits per heavy atom. The first-order valence-corrected chi connectivity index (χ1v) is 7.46. The molecule has 0 aromatic heterocycles. The SMILES string of the molecule is C[C@H]1C[C@@H](N)CCN1C(=O)CCCc1ccc(F)c(F)c1. The number of carbonyl (C=O) groups is 1. The number of likely N-dealkylation sites (tertiary alicyclic amines) is 1. The van der Waals surface area contributed by atoms with Crippen LogP contribution in [-0.4, -0.2) is 29.4 Å². The van der Waals surface area contributed by atoms with E-state index >= 15 is 0 Å². The maximum Gasteiger partial charge on any atom is 0.222 e. The zero-order chi connectivity index (χ0) is 15.4. The van der Waals surface area contributed by atoms with Gasteiger partial charge in [0.15, 0.2) is 11.6 Å². The van der Waals surface area contributed by atoms with Crippen molar-refractivity contribution in [1.29, 1.82) is 0 Å². The number of carbonyl (C=O) groups excluding carboxylic acids is 1. The van der Waals surface area contributed by atoms with Crippen LogP contribution in [0.5, 0.6) is 0 Å². The molecule has 0 saturated carbocycles. The van der Waals surface area contributed by atoms with Crippen LogP contribution in [0.15, 0.2) is 18.2 Å². The first-order chi connectivity index (χ1) is 9.97.